The number of hydrogen-bond donors (Lipinski definition) is 1. The first kappa shape index (κ1) is 23.6. The van der Waals surface area contributed by atoms with Crippen molar-refractivity contribution in [3.8, 4) is 0 Å². The molecule has 1 N–H and O–H groups in total. The van der Waals surface area contributed by atoms with Crippen molar-refractivity contribution < 1.29 is 14.3 Å². The number of carbonyl (C=O) groups excluding carboxylic acids is 2. The van der Waals surface area contributed by atoms with Crippen LogP contribution in [0.15, 0.2) is 85.1 Å². The third-order valence-corrected chi connectivity index (χ3v) is 7.02. The number of aromatic nitrogens is 1. The summed E-state index contributed by atoms with van der Waals surface area (Å²) in [5.41, 5.74) is 6.77. The number of esters is 1. The van der Waals surface area contributed by atoms with Crippen molar-refractivity contribution >= 4 is 28.9 Å². The van der Waals surface area contributed by atoms with E-state index in [4.69, 9.17) is 4.74 Å². The Morgan fingerprint density at radius 1 is 1.06 bits per heavy atom. The molecule has 1 heterocycles. The molecule has 0 saturated carbocycles. The highest BCUT2D eigenvalue weighted by Crippen LogP contribution is 2.37. The van der Waals surface area contributed by atoms with Gasteiger partial charge in [0, 0.05) is 29.7 Å². The van der Waals surface area contributed by atoms with Crippen LogP contribution in [-0.2, 0) is 33.6 Å². The topological polar surface area (TPSA) is 62.4 Å². The molecule has 0 spiro atoms. The lowest BCUT2D eigenvalue weighted by Gasteiger charge is -2.30. The van der Waals surface area contributed by atoms with Gasteiger partial charge in [0.1, 0.15) is 0 Å². The number of nitrogens with zero attached hydrogens (tertiary/aromatic N) is 1. The largest absolute Gasteiger partial charge is 0.466 e. The van der Waals surface area contributed by atoms with E-state index in [1.807, 2.05) is 42.5 Å². The molecule has 0 radical (unpaired) electrons. The number of methoxy groups -OCH3 is 1. The Balaban J connectivity index is 1.40. The van der Waals surface area contributed by atoms with Gasteiger partial charge < -0.3 is 14.6 Å². The highest BCUT2D eigenvalue weighted by atomic mass is 16.5. The van der Waals surface area contributed by atoms with Crippen LogP contribution in [0.1, 0.15) is 40.3 Å². The molecule has 1 amide bonds. The summed E-state index contributed by atoms with van der Waals surface area (Å²) in [6, 6.07) is 24.5. The number of rotatable bonds is 8. The predicted octanol–water partition coefficient (Wildman–Crippen LogP) is 5.66. The molecule has 5 heteroatoms. The molecule has 0 aliphatic heterocycles. The Morgan fingerprint density at radius 2 is 1.86 bits per heavy atom. The summed E-state index contributed by atoms with van der Waals surface area (Å²) in [6.07, 6.45) is 8.25. The van der Waals surface area contributed by atoms with E-state index in [2.05, 4.69) is 46.4 Å². The summed E-state index contributed by atoms with van der Waals surface area (Å²) in [6.45, 7) is 0.654. The number of ether oxygens (including phenoxy) is 1. The minimum Gasteiger partial charge on any atom is -0.466 e. The highest BCUT2D eigenvalue weighted by Gasteiger charge is 2.31. The first-order valence-electron chi connectivity index (χ1n) is 12.4. The van der Waals surface area contributed by atoms with Gasteiger partial charge in [-0.3, -0.25) is 4.79 Å². The van der Waals surface area contributed by atoms with E-state index in [1.165, 1.54) is 35.3 Å². The molecule has 182 valence electrons. The lowest BCUT2D eigenvalue weighted by atomic mass is 10.0. The van der Waals surface area contributed by atoms with Gasteiger partial charge >= 0.3 is 5.97 Å². The predicted molar refractivity (Wildman–Crippen MR) is 142 cm³/mol. The SMILES string of the molecule is COC(=O)/C=C/c1ccc2c(c1)CCC2N(CCc1c[nH]c2ccccc12)C(=O)Cc1ccccc1. The summed E-state index contributed by atoms with van der Waals surface area (Å²) in [7, 11) is 1.37. The molecule has 1 aromatic heterocycles. The number of hydrogen-bond acceptors (Lipinski definition) is 3. The van der Waals surface area contributed by atoms with Gasteiger partial charge in [-0.25, -0.2) is 4.79 Å². The molecular formula is C31H30N2O3. The number of benzene rings is 3. The van der Waals surface area contributed by atoms with E-state index in [9.17, 15) is 9.59 Å². The molecule has 0 saturated heterocycles. The number of nitrogens with one attached hydrogen (secondary N) is 1. The van der Waals surface area contributed by atoms with Gasteiger partial charge in [-0.05, 0) is 59.2 Å². The Morgan fingerprint density at radius 3 is 2.69 bits per heavy atom. The zero-order valence-corrected chi connectivity index (χ0v) is 20.4. The molecule has 1 aliphatic rings. The molecule has 0 fully saturated rings. The third kappa shape index (κ3) is 5.10. The van der Waals surface area contributed by atoms with E-state index in [0.29, 0.717) is 13.0 Å². The van der Waals surface area contributed by atoms with Crippen LogP contribution in [-0.4, -0.2) is 35.4 Å². The summed E-state index contributed by atoms with van der Waals surface area (Å²) in [5, 5.41) is 1.21. The van der Waals surface area contributed by atoms with Gasteiger partial charge in [0.2, 0.25) is 5.91 Å². The van der Waals surface area contributed by atoms with E-state index in [0.717, 1.165) is 35.9 Å². The molecule has 5 rings (SSSR count). The zero-order chi connectivity index (χ0) is 24.9. The average molecular weight is 479 g/mol. The maximum Gasteiger partial charge on any atom is 0.330 e. The van der Waals surface area contributed by atoms with Gasteiger partial charge in [0.15, 0.2) is 0 Å². The van der Waals surface area contributed by atoms with Gasteiger partial charge in [-0.15, -0.1) is 0 Å². The summed E-state index contributed by atoms with van der Waals surface area (Å²) in [4.78, 5) is 30.6. The third-order valence-electron chi connectivity index (χ3n) is 7.02. The molecular weight excluding hydrogens is 448 g/mol. The normalized spacial score (nSPS) is 14.8. The molecule has 1 unspecified atom stereocenters. The van der Waals surface area contributed by atoms with Crippen molar-refractivity contribution in [2.24, 2.45) is 0 Å². The smallest absolute Gasteiger partial charge is 0.330 e. The standard InChI is InChI=1S/C31H30N2O3/c1-36-31(35)16-12-23-11-14-27-24(19-23)13-15-29(27)33(30(34)20-22-7-3-2-4-8-22)18-17-25-21-32-28-10-6-5-9-26(25)28/h2-12,14,16,19,21,29,32H,13,15,17-18,20H2,1H3/b16-12+. The van der Waals surface area contributed by atoms with Crippen molar-refractivity contribution in [1.82, 2.24) is 9.88 Å². The van der Waals surface area contributed by atoms with Crippen LogP contribution >= 0.6 is 0 Å². The number of fused-ring (bicyclic) bond motifs is 2. The summed E-state index contributed by atoms with van der Waals surface area (Å²) < 4.78 is 4.70. The lowest BCUT2D eigenvalue weighted by molar-refractivity contribution is -0.135. The highest BCUT2D eigenvalue weighted by molar-refractivity contribution is 5.87. The summed E-state index contributed by atoms with van der Waals surface area (Å²) in [5.74, 6) is -0.225. The van der Waals surface area contributed by atoms with Crippen molar-refractivity contribution in [3.05, 3.63) is 113 Å². The Hall–Kier alpha value is -4.12. The van der Waals surface area contributed by atoms with E-state index < -0.39 is 0 Å². The molecule has 1 aliphatic carbocycles. The van der Waals surface area contributed by atoms with Gasteiger partial charge in [-0.2, -0.15) is 0 Å². The number of aromatic amines is 1. The van der Waals surface area contributed by atoms with Crippen LogP contribution in [0, 0.1) is 0 Å². The average Bonchev–Trinajstić information content (AvgIpc) is 3.52. The number of carbonyl (C=O) groups is 2. The maximum atomic E-state index is 13.7. The maximum absolute atomic E-state index is 13.7. The summed E-state index contributed by atoms with van der Waals surface area (Å²) >= 11 is 0. The molecule has 4 aromatic rings. The fourth-order valence-electron chi connectivity index (χ4n) is 5.18. The molecule has 1 atom stereocenters. The Labute approximate surface area is 211 Å². The van der Waals surface area contributed by atoms with Gasteiger partial charge in [0.25, 0.3) is 0 Å². The van der Waals surface area contributed by atoms with E-state index in [1.54, 1.807) is 6.08 Å². The van der Waals surface area contributed by atoms with Crippen LogP contribution in [0.4, 0.5) is 0 Å². The van der Waals surface area contributed by atoms with E-state index >= 15 is 0 Å². The monoisotopic (exact) mass is 478 g/mol. The number of amides is 1. The van der Waals surface area contributed by atoms with E-state index in [-0.39, 0.29) is 17.9 Å². The first-order valence-corrected chi connectivity index (χ1v) is 12.4. The fraction of sp³-hybridized carbons (Fsp3) is 0.226. The van der Waals surface area contributed by atoms with Gasteiger partial charge in [0.05, 0.1) is 19.6 Å². The van der Waals surface area contributed by atoms with Crippen LogP contribution in [0.5, 0.6) is 0 Å². The minimum absolute atomic E-state index is 0.0417. The second kappa shape index (κ2) is 10.6. The Kier molecular flexibility index (Phi) is 6.99. The molecule has 5 nitrogen and oxygen atoms in total. The molecule has 3 aromatic carbocycles. The Bertz CT molecular complexity index is 1400. The molecule has 36 heavy (non-hydrogen) atoms. The zero-order valence-electron chi connectivity index (χ0n) is 20.4. The van der Waals surface area contributed by atoms with Crippen LogP contribution < -0.4 is 0 Å². The quantitative estimate of drug-likeness (QED) is 0.263. The van der Waals surface area contributed by atoms with Crippen LogP contribution in [0.3, 0.4) is 0 Å². The lowest BCUT2D eigenvalue weighted by Crippen LogP contribution is -2.36. The van der Waals surface area contributed by atoms with Crippen molar-refractivity contribution in [1.29, 1.82) is 0 Å². The van der Waals surface area contributed by atoms with Crippen LogP contribution in [0.25, 0.3) is 17.0 Å². The first-order chi connectivity index (χ1) is 17.6. The van der Waals surface area contributed by atoms with Crippen molar-refractivity contribution in [2.75, 3.05) is 13.7 Å². The second-order valence-corrected chi connectivity index (χ2v) is 9.23. The fourth-order valence-corrected chi connectivity index (χ4v) is 5.18. The van der Waals surface area contributed by atoms with Crippen molar-refractivity contribution in [2.45, 2.75) is 31.7 Å². The second-order valence-electron chi connectivity index (χ2n) is 9.23. The minimum atomic E-state index is -0.372. The number of para-hydroxylation sites is 1. The van der Waals surface area contributed by atoms with Crippen molar-refractivity contribution in [3.63, 3.8) is 0 Å². The van der Waals surface area contributed by atoms with Crippen LogP contribution in [0.2, 0.25) is 0 Å². The number of aryl methyl sites for hydroxylation is 1. The number of H-pyrrole nitrogens is 1. The van der Waals surface area contributed by atoms with Gasteiger partial charge in [-0.1, -0.05) is 66.7 Å². The molecule has 0 bridgehead atoms.